The molecule has 3 heteroatoms. The zero-order valence-corrected chi connectivity index (χ0v) is 9.12. The molecule has 1 aliphatic carbocycles. The summed E-state index contributed by atoms with van der Waals surface area (Å²) in [6.07, 6.45) is 8.16. The minimum atomic E-state index is 0. The van der Waals surface area contributed by atoms with Crippen LogP contribution in [0.15, 0.2) is 22.2 Å². The average Bonchev–Trinajstić information content (AvgIpc) is 1.92. The Morgan fingerprint density at radius 3 is 1.64 bits per heavy atom. The molecule has 0 aromatic rings. The third kappa shape index (κ3) is 4.33. The Morgan fingerprint density at radius 2 is 1.27 bits per heavy atom. The Labute approximate surface area is 91.3 Å². The van der Waals surface area contributed by atoms with Gasteiger partial charge in [-0.2, -0.15) is 0 Å². The van der Waals surface area contributed by atoms with Crippen LogP contribution in [0.1, 0.15) is 25.7 Å². The van der Waals surface area contributed by atoms with Gasteiger partial charge in [0.25, 0.3) is 0 Å². The van der Waals surface area contributed by atoms with Gasteiger partial charge in [-0.1, -0.05) is 35.4 Å². The average molecular weight is 283 g/mol. The van der Waals surface area contributed by atoms with E-state index >= 15 is 0 Å². The molecule has 0 heterocycles. The summed E-state index contributed by atoms with van der Waals surface area (Å²) in [5, 5.41) is 1.68. The molecule has 0 unspecified atom stereocenters. The van der Waals surface area contributed by atoms with E-state index < -0.39 is 0 Å². The van der Waals surface area contributed by atoms with Crippen molar-refractivity contribution in [3.05, 3.63) is 22.2 Å². The van der Waals surface area contributed by atoms with E-state index in [0.717, 1.165) is 35.7 Å². The molecular weight excluding hydrogens is 273 g/mol. The second-order valence-corrected chi connectivity index (χ2v) is 3.27. The van der Waals surface area contributed by atoms with Gasteiger partial charge >= 0.3 is 20.4 Å². The summed E-state index contributed by atoms with van der Waals surface area (Å²) < 4.78 is 0. The molecule has 0 N–H and O–H groups in total. The zero-order chi connectivity index (χ0) is 7.40. The van der Waals surface area contributed by atoms with Crippen molar-refractivity contribution in [3.63, 3.8) is 0 Å². The monoisotopic (exact) mass is 282 g/mol. The van der Waals surface area contributed by atoms with Crippen LogP contribution in [0.25, 0.3) is 0 Å². The quantitative estimate of drug-likeness (QED) is 0.468. The fourth-order valence-electron chi connectivity index (χ4n) is 0.927. The van der Waals surface area contributed by atoms with E-state index in [1.54, 1.807) is 0 Å². The van der Waals surface area contributed by atoms with Gasteiger partial charge in [-0.05, 0) is 25.7 Å². The Balaban J connectivity index is 0.000001000. The molecule has 0 saturated carbocycles. The SMILES string of the molecule is ClC1=C(Cl)CCC=CCC1.[Pd+2]. The Bertz CT molecular complexity index is 155. The maximum absolute atomic E-state index is 5.86. The first-order valence-corrected chi connectivity index (χ1v) is 4.24. The minimum absolute atomic E-state index is 0. The standard InChI is InChI=1S/C8H10Cl2.Pd/c9-7-5-3-1-2-4-6-8(7)10;/h1-2H,3-6H2;/q;+2. The van der Waals surface area contributed by atoms with Crippen LogP contribution >= 0.6 is 23.2 Å². The molecule has 1 rings (SSSR count). The molecule has 0 radical (unpaired) electrons. The molecule has 0 aromatic heterocycles. The van der Waals surface area contributed by atoms with Crippen LogP contribution in [-0.4, -0.2) is 0 Å². The maximum atomic E-state index is 5.86. The van der Waals surface area contributed by atoms with Crippen LogP contribution < -0.4 is 0 Å². The Kier molecular flexibility index (Phi) is 6.67. The van der Waals surface area contributed by atoms with Crippen LogP contribution in [0.5, 0.6) is 0 Å². The van der Waals surface area contributed by atoms with Crippen molar-refractivity contribution in [2.45, 2.75) is 25.7 Å². The van der Waals surface area contributed by atoms with Crippen molar-refractivity contribution in [1.82, 2.24) is 0 Å². The number of hydrogen-bond donors (Lipinski definition) is 0. The molecule has 0 spiro atoms. The fourth-order valence-corrected chi connectivity index (χ4v) is 1.33. The van der Waals surface area contributed by atoms with E-state index in [2.05, 4.69) is 12.2 Å². The van der Waals surface area contributed by atoms with Gasteiger partial charge in [-0.3, -0.25) is 0 Å². The van der Waals surface area contributed by atoms with Gasteiger partial charge in [-0.15, -0.1) is 0 Å². The first kappa shape index (κ1) is 11.7. The predicted octanol–water partition coefficient (Wildman–Crippen LogP) is 3.80. The molecule has 0 aromatic carbocycles. The molecule has 0 bridgehead atoms. The van der Waals surface area contributed by atoms with Crippen LogP contribution in [0.4, 0.5) is 0 Å². The van der Waals surface area contributed by atoms with Gasteiger partial charge in [0.15, 0.2) is 0 Å². The Hall–Kier alpha value is 0.722. The summed E-state index contributed by atoms with van der Waals surface area (Å²) >= 11 is 11.7. The van der Waals surface area contributed by atoms with E-state index in [4.69, 9.17) is 23.2 Å². The largest absolute Gasteiger partial charge is 2.00 e. The van der Waals surface area contributed by atoms with Gasteiger partial charge in [0.05, 0.1) is 0 Å². The van der Waals surface area contributed by atoms with E-state index in [9.17, 15) is 0 Å². The first-order valence-electron chi connectivity index (χ1n) is 3.48. The van der Waals surface area contributed by atoms with Gasteiger partial charge in [0.2, 0.25) is 0 Å². The van der Waals surface area contributed by atoms with E-state index in [0.29, 0.717) is 0 Å². The molecule has 0 nitrogen and oxygen atoms in total. The van der Waals surface area contributed by atoms with Crippen LogP contribution in [-0.2, 0) is 20.4 Å². The first-order chi connectivity index (χ1) is 4.80. The third-order valence-corrected chi connectivity index (χ3v) is 2.45. The summed E-state index contributed by atoms with van der Waals surface area (Å²) in [6.45, 7) is 0. The van der Waals surface area contributed by atoms with E-state index in [1.807, 2.05) is 0 Å². The number of rotatable bonds is 0. The van der Waals surface area contributed by atoms with E-state index in [1.165, 1.54) is 0 Å². The molecule has 0 aliphatic heterocycles. The summed E-state index contributed by atoms with van der Waals surface area (Å²) in [5.41, 5.74) is 0. The number of allylic oxidation sites excluding steroid dienone is 4. The van der Waals surface area contributed by atoms with Crippen molar-refractivity contribution < 1.29 is 20.4 Å². The van der Waals surface area contributed by atoms with Crippen molar-refractivity contribution in [2.24, 2.45) is 0 Å². The maximum Gasteiger partial charge on any atom is 2.00 e. The molecule has 11 heavy (non-hydrogen) atoms. The summed E-state index contributed by atoms with van der Waals surface area (Å²) in [7, 11) is 0. The zero-order valence-electron chi connectivity index (χ0n) is 6.06. The Morgan fingerprint density at radius 1 is 0.909 bits per heavy atom. The van der Waals surface area contributed by atoms with Gasteiger partial charge in [0, 0.05) is 10.1 Å². The minimum Gasteiger partial charge on any atom is -0.0882 e. The number of hydrogen-bond acceptors (Lipinski definition) is 0. The van der Waals surface area contributed by atoms with Crippen molar-refractivity contribution in [2.75, 3.05) is 0 Å². The summed E-state index contributed by atoms with van der Waals surface area (Å²) in [6, 6.07) is 0. The van der Waals surface area contributed by atoms with Crippen LogP contribution in [0.3, 0.4) is 0 Å². The normalized spacial score (nSPS) is 18.7. The second kappa shape index (κ2) is 6.26. The van der Waals surface area contributed by atoms with Crippen molar-refractivity contribution in [1.29, 1.82) is 0 Å². The topological polar surface area (TPSA) is 0 Å². The molecule has 0 saturated heterocycles. The second-order valence-electron chi connectivity index (χ2n) is 2.36. The van der Waals surface area contributed by atoms with Gasteiger partial charge in [0.1, 0.15) is 0 Å². The van der Waals surface area contributed by atoms with E-state index in [-0.39, 0.29) is 20.4 Å². The number of halogens is 2. The third-order valence-electron chi connectivity index (χ3n) is 1.52. The van der Waals surface area contributed by atoms with Gasteiger partial charge < -0.3 is 0 Å². The molecule has 0 atom stereocenters. The molecule has 64 valence electrons. The molecule has 1 aliphatic rings. The van der Waals surface area contributed by atoms with Gasteiger partial charge in [-0.25, -0.2) is 0 Å². The summed E-state index contributed by atoms with van der Waals surface area (Å²) in [4.78, 5) is 0. The van der Waals surface area contributed by atoms with Crippen molar-refractivity contribution >= 4 is 23.2 Å². The van der Waals surface area contributed by atoms with Crippen molar-refractivity contribution in [3.8, 4) is 0 Å². The fraction of sp³-hybridized carbons (Fsp3) is 0.500. The molecular formula is C8H10Cl2Pd+2. The molecule has 0 amide bonds. The van der Waals surface area contributed by atoms with Crippen LogP contribution in [0, 0.1) is 0 Å². The summed E-state index contributed by atoms with van der Waals surface area (Å²) in [5.74, 6) is 0. The smallest absolute Gasteiger partial charge is 0.0882 e. The predicted molar refractivity (Wildman–Crippen MR) is 46.3 cm³/mol. The molecule has 0 fully saturated rings. The van der Waals surface area contributed by atoms with Crippen LogP contribution in [0.2, 0.25) is 0 Å².